The van der Waals surface area contributed by atoms with Crippen molar-refractivity contribution in [1.29, 1.82) is 0 Å². The van der Waals surface area contributed by atoms with Gasteiger partial charge in [-0.3, -0.25) is 4.68 Å². The van der Waals surface area contributed by atoms with Crippen LogP contribution in [-0.2, 0) is 11.1 Å². The summed E-state index contributed by atoms with van der Waals surface area (Å²) in [5.74, 6) is 0. The lowest BCUT2D eigenvalue weighted by molar-refractivity contribution is 0.351. The lowest BCUT2D eigenvalue weighted by Gasteiger charge is -2.19. The fraction of sp³-hybridized carbons (Fsp3) is 0.700. The Bertz CT molecular complexity index is 295. The SMILES string of the molecule is CC(C)(C)n1ccc(C2(N)CC2)n1. The molecule has 3 nitrogen and oxygen atoms in total. The first-order valence-electron chi connectivity index (χ1n) is 4.77. The maximum absolute atomic E-state index is 6.05. The molecule has 1 saturated carbocycles. The molecule has 0 amide bonds. The first-order chi connectivity index (χ1) is 5.92. The normalized spacial score (nSPS) is 20.3. The largest absolute Gasteiger partial charge is 0.320 e. The Morgan fingerprint density at radius 2 is 2.08 bits per heavy atom. The Hall–Kier alpha value is -0.830. The van der Waals surface area contributed by atoms with Gasteiger partial charge in [0.25, 0.3) is 0 Å². The number of hydrogen-bond acceptors (Lipinski definition) is 2. The Kier molecular flexibility index (Phi) is 1.58. The molecule has 0 radical (unpaired) electrons. The van der Waals surface area contributed by atoms with Gasteiger partial charge in [-0.05, 0) is 39.7 Å². The molecule has 0 unspecified atom stereocenters. The van der Waals surface area contributed by atoms with E-state index in [1.54, 1.807) is 0 Å². The molecule has 2 rings (SSSR count). The van der Waals surface area contributed by atoms with E-state index in [1.807, 2.05) is 16.9 Å². The van der Waals surface area contributed by atoms with Gasteiger partial charge in [0, 0.05) is 6.20 Å². The average Bonchev–Trinajstić information content (AvgIpc) is 2.60. The van der Waals surface area contributed by atoms with Crippen molar-refractivity contribution in [1.82, 2.24) is 9.78 Å². The minimum absolute atomic E-state index is 0.0590. The van der Waals surface area contributed by atoms with Gasteiger partial charge < -0.3 is 5.73 Å². The van der Waals surface area contributed by atoms with Crippen molar-refractivity contribution in [2.24, 2.45) is 5.73 Å². The molecular formula is C10H17N3. The van der Waals surface area contributed by atoms with Crippen LogP contribution in [0.25, 0.3) is 0 Å². The van der Waals surface area contributed by atoms with Gasteiger partial charge in [0.05, 0.1) is 16.8 Å². The maximum Gasteiger partial charge on any atom is 0.0823 e. The standard InChI is InChI=1S/C10H17N3/c1-9(2,3)13-7-4-8(12-13)10(11)5-6-10/h4,7H,5-6,11H2,1-3H3. The van der Waals surface area contributed by atoms with Crippen LogP contribution in [0, 0.1) is 0 Å². The van der Waals surface area contributed by atoms with E-state index < -0.39 is 0 Å². The molecule has 0 aromatic carbocycles. The zero-order valence-electron chi connectivity index (χ0n) is 8.54. The molecule has 1 heterocycles. The fourth-order valence-electron chi connectivity index (χ4n) is 1.35. The predicted molar refractivity (Wildman–Crippen MR) is 52.3 cm³/mol. The molecule has 1 fully saturated rings. The Balaban J connectivity index is 2.29. The number of aromatic nitrogens is 2. The van der Waals surface area contributed by atoms with Gasteiger partial charge in [0.1, 0.15) is 0 Å². The van der Waals surface area contributed by atoms with E-state index in [-0.39, 0.29) is 11.1 Å². The molecule has 0 spiro atoms. The minimum atomic E-state index is -0.101. The zero-order valence-corrected chi connectivity index (χ0v) is 8.54. The second kappa shape index (κ2) is 2.35. The Morgan fingerprint density at radius 3 is 2.46 bits per heavy atom. The molecule has 72 valence electrons. The van der Waals surface area contributed by atoms with E-state index in [0.717, 1.165) is 18.5 Å². The van der Waals surface area contributed by atoms with Crippen LogP contribution in [0.5, 0.6) is 0 Å². The molecule has 1 aliphatic carbocycles. The summed E-state index contributed by atoms with van der Waals surface area (Å²) in [5, 5.41) is 4.51. The van der Waals surface area contributed by atoms with Crippen molar-refractivity contribution in [3.05, 3.63) is 18.0 Å². The Morgan fingerprint density at radius 1 is 1.46 bits per heavy atom. The van der Waals surface area contributed by atoms with Gasteiger partial charge in [0.15, 0.2) is 0 Å². The van der Waals surface area contributed by atoms with Crippen LogP contribution in [0.1, 0.15) is 39.3 Å². The molecule has 0 aliphatic heterocycles. The van der Waals surface area contributed by atoms with Gasteiger partial charge in [-0.1, -0.05) is 0 Å². The highest BCUT2D eigenvalue weighted by Gasteiger charge is 2.42. The van der Waals surface area contributed by atoms with E-state index >= 15 is 0 Å². The number of rotatable bonds is 1. The molecule has 1 aromatic rings. The topological polar surface area (TPSA) is 43.8 Å². The van der Waals surface area contributed by atoms with Crippen molar-refractivity contribution in [3.63, 3.8) is 0 Å². The van der Waals surface area contributed by atoms with E-state index in [1.165, 1.54) is 0 Å². The highest BCUT2D eigenvalue weighted by Crippen LogP contribution is 2.41. The molecule has 13 heavy (non-hydrogen) atoms. The highest BCUT2D eigenvalue weighted by molar-refractivity contribution is 5.20. The third kappa shape index (κ3) is 1.48. The lowest BCUT2D eigenvalue weighted by atomic mass is 10.1. The van der Waals surface area contributed by atoms with Gasteiger partial charge in [-0.15, -0.1) is 0 Å². The summed E-state index contributed by atoms with van der Waals surface area (Å²) in [6.07, 6.45) is 4.17. The highest BCUT2D eigenvalue weighted by atomic mass is 15.3. The van der Waals surface area contributed by atoms with Crippen LogP contribution in [-0.4, -0.2) is 9.78 Å². The summed E-state index contributed by atoms with van der Waals surface area (Å²) < 4.78 is 1.98. The molecular weight excluding hydrogens is 162 g/mol. The van der Waals surface area contributed by atoms with E-state index in [0.29, 0.717) is 0 Å². The van der Waals surface area contributed by atoms with Crippen LogP contribution >= 0.6 is 0 Å². The quantitative estimate of drug-likeness (QED) is 0.711. The summed E-state index contributed by atoms with van der Waals surface area (Å²) in [4.78, 5) is 0. The first-order valence-corrected chi connectivity index (χ1v) is 4.77. The van der Waals surface area contributed by atoms with Crippen molar-refractivity contribution in [3.8, 4) is 0 Å². The van der Waals surface area contributed by atoms with Gasteiger partial charge in [0.2, 0.25) is 0 Å². The molecule has 0 bridgehead atoms. The average molecular weight is 179 g/mol. The minimum Gasteiger partial charge on any atom is -0.320 e. The molecule has 1 aromatic heterocycles. The molecule has 0 saturated heterocycles. The zero-order chi connectivity index (χ0) is 9.69. The van der Waals surface area contributed by atoms with E-state index in [2.05, 4.69) is 25.9 Å². The van der Waals surface area contributed by atoms with E-state index in [9.17, 15) is 0 Å². The molecule has 3 heteroatoms. The smallest absolute Gasteiger partial charge is 0.0823 e. The number of hydrogen-bond donors (Lipinski definition) is 1. The summed E-state index contributed by atoms with van der Waals surface area (Å²) >= 11 is 0. The predicted octanol–water partition coefficient (Wildman–Crippen LogP) is 1.59. The van der Waals surface area contributed by atoms with Crippen LogP contribution in [0.15, 0.2) is 12.3 Å². The fourth-order valence-corrected chi connectivity index (χ4v) is 1.35. The summed E-state index contributed by atoms with van der Waals surface area (Å²) in [7, 11) is 0. The summed E-state index contributed by atoms with van der Waals surface area (Å²) in [6.45, 7) is 6.42. The summed E-state index contributed by atoms with van der Waals surface area (Å²) in [6, 6.07) is 2.04. The number of nitrogens with zero attached hydrogens (tertiary/aromatic N) is 2. The maximum atomic E-state index is 6.05. The van der Waals surface area contributed by atoms with Crippen LogP contribution in [0.3, 0.4) is 0 Å². The van der Waals surface area contributed by atoms with Crippen molar-refractivity contribution < 1.29 is 0 Å². The molecule has 0 atom stereocenters. The Labute approximate surface area is 78.9 Å². The third-order valence-electron chi connectivity index (χ3n) is 2.58. The lowest BCUT2D eigenvalue weighted by Crippen LogP contribution is -2.25. The van der Waals surface area contributed by atoms with E-state index in [4.69, 9.17) is 5.73 Å². The van der Waals surface area contributed by atoms with Crippen LogP contribution < -0.4 is 5.73 Å². The van der Waals surface area contributed by atoms with Crippen LogP contribution in [0.4, 0.5) is 0 Å². The first kappa shape index (κ1) is 8.75. The van der Waals surface area contributed by atoms with Crippen molar-refractivity contribution in [2.45, 2.75) is 44.7 Å². The second-order valence-corrected chi connectivity index (χ2v) is 4.97. The van der Waals surface area contributed by atoms with Gasteiger partial charge >= 0.3 is 0 Å². The van der Waals surface area contributed by atoms with Gasteiger partial charge in [-0.25, -0.2) is 0 Å². The third-order valence-corrected chi connectivity index (χ3v) is 2.58. The van der Waals surface area contributed by atoms with Crippen molar-refractivity contribution in [2.75, 3.05) is 0 Å². The molecule has 1 aliphatic rings. The van der Waals surface area contributed by atoms with Gasteiger partial charge in [-0.2, -0.15) is 5.10 Å². The number of nitrogens with two attached hydrogens (primary N) is 1. The second-order valence-electron chi connectivity index (χ2n) is 4.97. The molecule has 2 N–H and O–H groups in total. The van der Waals surface area contributed by atoms with Crippen LogP contribution in [0.2, 0.25) is 0 Å². The van der Waals surface area contributed by atoms with Crippen molar-refractivity contribution >= 4 is 0 Å². The summed E-state index contributed by atoms with van der Waals surface area (Å²) in [5.41, 5.74) is 7.05. The monoisotopic (exact) mass is 179 g/mol.